The van der Waals surface area contributed by atoms with Gasteiger partial charge in [-0.05, 0) is 19.4 Å². The Hall–Kier alpha value is -1.55. The molecule has 0 radical (unpaired) electrons. The minimum Gasteiger partial charge on any atom is -0.377 e. The van der Waals surface area contributed by atoms with E-state index in [1.54, 1.807) is 6.92 Å². The second kappa shape index (κ2) is 6.06. The van der Waals surface area contributed by atoms with Crippen molar-refractivity contribution in [3.63, 3.8) is 0 Å². The maximum Gasteiger partial charge on any atom is 0.289 e. The lowest BCUT2D eigenvalue weighted by atomic mass is 9.84. The van der Waals surface area contributed by atoms with Crippen molar-refractivity contribution in [2.75, 3.05) is 6.61 Å². The van der Waals surface area contributed by atoms with E-state index in [2.05, 4.69) is 4.72 Å². The Labute approximate surface area is 122 Å². The lowest BCUT2D eigenvalue weighted by molar-refractivity contribution is -0.387. The molecule has 0 saturated heterocycles. The maximum absolute atomic E-state index is 12.3. The van der Waals surface area contributed by atoms with Crippen molar-refractivity contribution in [2.24, 2.45) is 5.73 Å². The minimum absolute atomic E-state index is 0.303. The molecule has 1 aromatic carbocycles. The molecule has 3 unspecified atom stereocenters. The summed E-state index contributed by atoms with van der Waals surface area (Å²) in [5, 5.41) is 10.9. The van der Waals surface area contributed by atoms with Gasteiger partial charge in [0.15, 0.2) is 4.90 Å². The Balaban J connectivity index is 2.25. The average molecular weight is 315 g/mol. The van der Waals surface area contributed by atoms with Crippen LogP contribution in [0.4, 0.5) is 5.69 Å². The molecule has 1 aliphatic rings. The Kier molecular flexibility index (Phi) is 4.57. The Morgan fingerprint density at radius 3 is 2.71 bits per heavy atom. The molecule has 8 nitrogen and oxygen atoms in total. The fourth-order valence-corrected chi connectivity index (χ4v) is 3.76. The van der Waals surface area contributed by atoms with Gasteiger partial charge in [-0.2, -0.15) is 0 Å². The number of nitrogens with zero attached hydrogens (tertiary/aromatic N) is 1. The van der Waals surface area contributed by atoms with E-state index in [4.69, 9.17) is 10.5 Å². The molecule has 0 aromatic heterocycles. The monoisotopic (exact) mass is 315 g/mol. The summed E-state index contributed by atoms with van der Waals surface area (Å²) in [5.41, 5.74) is 5.32. The highest BCUT2D eigenvalue weighted by Gasteiger charge is 2.42. The number of nitro groups is 1. The van der Waals surface area contributed by atoms with Gasteiger partial charge in [0, 0.05) is 18.7 Å². The van der Waals surface area contributed by atoms with Crippen LogP contribution in [0.2, 0.25) is 0 Å². The lowest BCUT2D eigenvalue weighted by Gasteiger charge is -2.42. The molecule has 116 valence electrons. The first-order valence-electron chi connectivity index (χ1n) is 6.49. The predicted octanol–water partition coefficient (Wildman–Crippen LogP) is 0.378. The van der Waals surface area contributed by atoms with E-state index in [9.17, 15) is 18.5 Å². The van der Waals surface area contributed by atoms with Gasteiger partial charge in [-0.1, -0.05) is 12.1 Å². The van der Waals surface area contributed by atoms with Crippen LogP contribution in [0.1, 0.15) is 13.3 Å². The van der Waals surface area contributed by atoms with Gasteiger partial charge in [0.25, 0.3) is 5.69 Å². The fourth-order valence-electron chi connectivity index (χ4n) is 2.27. The van der Waals surface area contributed by atoms with Crippen LogP contribution in [0, 0.1) is 10.1 Å². The smallest absolute Gasteiger partial charge is 0.289 e. The van der Waals surface area contributed by atoms with Crippen molar-refractivity contribution in [1.82, 2.24) is 4.72 Å². The number of ether oxygens (including phenoxy) is 1. The normalized spacial score (nSPS) is 25.3. The van der Waals surface area contributed by atoms with E-state index in [-0.39, 0.29) is 17.0 Å². The summed E-state index contributed by atoms with van der Waals surface area (Å²) in [5.74, 6) is 0. The maximum atomic E-state index is 12.3. The zero-order chi connectivity index (χ0) is 15.6. The van der Waals surface area contributed by atoms with Crippen molar-refractivity contribution in [2.45, 2.75) is 36.4 Å². The molecular weight excluding hydrogens is 298 g/mol. The Bertz CT molecular complexity index is 632. The van der Waals surface area contributed by atoms with Gasteiger partial charge >= 0.3 is 0 Å². The molecule has 3 atom stereocenters. The molecular formula is C12H17N3O5S. The van der Waals surface area contributed by atoms with E-state index < -0.39 is 26.7 Å². The van der Waals surface area contributed by atoms with Crippen LogP contribution in [0.3, 0.4) is 0 Å². The number of benzene rings is 1. The molecule has 3 N–H and O–H groups in total. The predicted molar refractivity (Wildman–Crippen MR) is 75.2 cm³/mol. The average Bonchev–Trinajstić information content (AvgIpc) is 2.45. The summed E-state index contributed by atoms with van der Waals surface area (Å²) in [6.45, 7) is 2.25. The largest absolute Gasteiger partial charge is 0.377 e. The molecule has 2 rings (SSSR count). The highest BCUT2D eigenvalue weighted by Crippen LogP contribution is 2.27. The van der Waals surface area contributed by atoms with E-state index in [1.807, 2.05) is 0 Å². The summed E-state index contributed by atoms with van der Waals surface area (Å²) >= 11 is 0. The minimum atomic E-state index is -4.03. The molecule has 1 fully saturated rings. The number of rotatable bonds is 6. The van der Waals surface area contributed by atoms with E-state index in [0.717, 1.165) is 6.07 Å². The first-order valence-corrected chi connectivity index (χ1v) is 7.98. The van der Waals surface area contributed by atoms with Crippen LogP contribution in [0.15, 0.2) is 29.2 Å². The second-order valence-electron chi connectivity index (χ2n) is 4.77. The van der Waals surface area contributed by atoms with Crippen LogP contribution >= 0.6 is 0 Å². The van der Waals surface area contributed by atoms with Crippen molar-refractivity contribution in [3.05, 3.63) is 34.4 Å². The fraction of sp³-hybridized carbons (Fsp3) is 0.500. The first-order chi connectivity index (χ1) is 9.86. The van der Waals surface area contributed by atoms with Gasteiger partial charge in [0.1, 0.15) is 0 Å². The number of hydrogen-bond donors (Lipinski definition) is 2. The van der Waals surface area contributed by atoms with Crippen molar-refractivity contribution < 1.29 is 18.1 Å². The van der Waals surface area contributed by atoms with Crippen molar-refractivity contribution in [3.8, 4) is 0 Å². The molecule has 0 bridgehead atoms. The van der Waals surface area contributed by atoms with Crippen LogP contribution in [0.5, 0.6) is 0 Å². The molecule has 0 aliphatic heterocycles. The molecule has 1 aliphatic carbocycles. The van der Waals surface area contributed by atoms with Gasteiger partial charge in [-0.3, -0.25) is 10.1 Å². The Morgan fingerprint density at radius 2 is 2.14 bits per heavy atom. The van der Waals surface area contributed by atoms with Crippen LogP contribution < -0.4 is 10.5 Å². The zero-order valence-electron chi connectivity index (χ0n) is 11.4. The molecule has 0 amide bonds. The number of para-hydroxylation sites is 1. The third-order valence-electron chi connectivity index (χ3n) is 3.39. The first kappa shape index (κ1) is 15.8. The van der Waals surface area contributed by atoms with E-state index in [0.29, 0.717) is 13.0 Å². The number of nitro benzene ring substituents is 1. The molecule has 1 aromatic rings. The van der Waals surface area contributed by atoms with Crippen LogP contribution in [-0.4, -0.2) is 38.1 Å². The summed E-state index contributed by atoms with van der Waals surface area (Å²) in [6.07, 6.45) is 0.250. The van der Waals surface area contributed by atoms with Gasteiger partial charge in [0.2, 0.25) is 10.0 Å². The van der Waals surface area contributed by atoms with Crippen molar-refractivity contribution >= 4 is 15.7 Å². The highest BCUT2D eigenvalue weighted by atomic mass is 32.2. The summed E-state index contributed by atoms with van der Waals surface area (Å²) < 4.78 is 32.4. The second-order valence-corrected chi connectivity index (χ2v) is 6.45. The molecule has 1 saturated carbocycles. The van der Waals surface area contributed by atoms with Crippen LogP contribution in [0.25, 0.3) is 0 Å². The standard InChI is InChI=1S/C12H17N3O5S/c1-2-20-10-7-8(13)12(10)14-21(18,19)11-6-4-3-5-9(11)15(16)17/h3-6,8,10,12,14H,2,7,13H2,1H3. The molecule has 0 heterocycles. The summed E-state index contributed by atoms with van der Waals surface area (Å²) in [6, 6.07) is 4.25. The van der Waals surface area contributed by atoms with E-state index in [1.165, 1.54) is 18.2 Å². The topological polar surface area (TPSA) is 125 Å². The Morgan fingerprint density at radius 1 is 1.48 bits per heavy atom. The third kappa shape index (κ3) is 3.21. The number of nitrogens with one attached hydrogen (secondary N) is 1. The lowest BCUT2D eigenvalue weighted by Crippen LogP contribution is -2.64. The summed E-state index contributed by atoms with van der Waals surface area (Å²) in [7, 11) is -4.03. The number of nitrogens with two attached hydrogens (primary N) is 1. The quantitative estimate of drug-likeness (QED) is 0.577. The number of hydrogen-bond acceptors (Lipinski definition) is 6. The third-order valence-corrected chi connectivity index (χ3v) is 4.90. The SMILES string of the molecule is CCOC1CC(N)C1NS(=O)(=O)c1ccccc1[N+](=O)[O-]. The van der Waals surface area contributed by atoms with Gasteiger partial charge in [-0.15, -0.1) is 0 Å². The zero-order valence-corrected chi connectivity index (χ0v) is 12.2. The van der Waals surface area contributed by atoms with Crippen LogP contribution in [-0.2, 0) is 14.8 Å². The molecule has 9 heteroatoms. The van der Waals surface area contributed by atoms with E-state index >= 15 is 0 Å². The molecule has 0 spiro atoms. The van der Waals surface area contributed by atoms with Crippen molar-refractivity contribution in [1.29, 1.82) is 0 Å². The summed E-state index contributed by atoms with van der Waals surface area (Å²) in [4.78, 5) is 9.83. The number of sulfonamides is 1. The highest BCUT2D eigenvalue weighted by molar-refractivity contribution is 7.89. The van der Waals surface area contributed by atoms with Gasteiger partial charge < -0.3 is 10.5 Å². The molecule has 21 heavy (non-hydrogen) atoms. The van der Waals surface area contributed by atoms with Gasteiger partial charge in [0.05, 0.1) is 17.1 Å². The van der Waals surface area contributed by atoms with Gasteiger partial charge in [-0.25, -0.2) is 13.1 Å².